The van der Waals surface area contributed by atoms with Gasteiger partial charge in [-0.3, -0.25) is 0 Å². The highest BCUT2D eigenvalue weighted by Gasteiger charge is 1.95. The molecule has 0 fully saturated rings. The summed E-state index contributed by atoms with van der Waals surface area (Å²) >= 11 is 0. The van der Waals surface area contributed by atoms with Gasteiger partial charge in [-0.25, -0.2) is 0 Å². The number of terminal acetylenes is 2. The third kappa shape index (κ3) is 3.28. The Kier molecular flexibility index (Phi) is 4.12. The van der Waals surface area contributed by atoms with Gasteiger partial charge in [-0.15, -0.1) is 24.7 Å². The van der Waals surface area contributed by atoms with Gasteiger partial charge in [-0.1, -0.05) is 11.8 Å². The lowest BCUT2D eigenvalue weighted by Crippen LogP contribution is -1.85. The van der Waals surface area contributed by atoms with Crippen LogP contribution in [-0.2, 0) is 0 Å². The summed E-state index contributed by atoms with van der Waals surface area (Å²) in [6.45, 7) is 1.73. The summed E-state index contributed by atoms with van der Waals surface area (Å²) in [5.41, 5.74) is 0. The van der Waals surface area contributed by atoms with E-state index in [1.54, 1.807) is 6.92 Å². The first-order valence-corrected chi connectivity index (χ1v) is 2.53. The van der Waals surface area contributed by atoms with Crippen LogP contribution in [0.3, 0.4) is 0 Å². The minimum atomic E-state index is 0.470. The van der Waals surface area contributed by atoms with E-state index in [0.29, 0.717) is 12.3 Å². The maximum atomic E-state index is 5.06. The van der Waals surface area contributed by atoms with Gasteiger partial charge in [-0.05, 0) is 6.92 Å². The van der Waals surface area contributed by atoms with Crippen molar-refractivity contribution in [2.45, 2.75) is 13.3 Å². The van der Waals surface area contributed by atoms with Crippen molar-refractivity contribution >= 4 is 0 Å². The maximum Gasteiger partial charge on any atom is 0.131 e. The summed E-state index contributed by atoms with van der Waals surface area (Å²) in [6.07, 6.45) is 10.5. The zero-order valence-corrected chi connectivity index (χ0v) is 5.36. The predicted molar refractivity (Wildman–Crippen MR) is 39.0 cm³/mol. The molecule has 0 aromatic heterocycles. The zero-order chi connectivity index (χ0) is 7.11. The molecule has 0 unspecified atom stereocenters. The van der Waals surface area contributed by atoms with Crippen LogP contribution in [0.25, 0.3) is 0 Å². The average molecular weight is 115 g/mol. The van der Waals surface area contributed by atoms with Crippen LogP contribution in [0.2, 0.25) is 0 Å². The Labute approximate surface area is 56.7 Å². The van der Waals surface area contributed by atoms with Crippen molar-refractivity contribution in [1.82, 2.24) is 0 Å². The Hall–Kier alpha value is -1.32. The standard InChI is InChI=1S/C9H7/c1-4-7-9(6-3)8-5-2/h1,3H,7H2,2H3. The van der Waals surface area contributed by atoms with Crippen LogP contribution >= 0.6 is 0 Å². The van der Waals surface area contributed by atoms with Crippen LogP contribution in [-0.4, -0.2) is 0 Å². The van der Waals surface area contributed by atoms with Gasteiger partial charge in [0.1, 0.15) is 5.92 Å². The lowest BCUT2D eigenvalue weighted by atomic mass is 10.1. The molecule has 0 aliphatic heterocycles. The summed E-state index contributed by atoms with van der Waals surface area (Å²) in [5.74, 6) is 10.9. The molecule has 0 atom stereocenters. The van der Waals surface area contributed by atoms with Gasteiger partial charge in [0, 0.05) is 6.42 Å². The fourth-order valence-electron chi connectivity index (χ4n) is 0.384. The monoisotopic (exact) mass is 115 g/mol. The highest BCUT2D eigenvalue weighted by molar-refractivity contribution is 5.37. The first-order valence-electron chi connectivity index (χ1n) is 2.53. The average Bonchev–Trinajstić information content (AvgIpc) is 1.88. The lowest BCUT2D eigenvalue weighted by Gasteiger charge is -1.89. The highest BCUT2D eigenvalue weighted by atomic mass is 13.9. The van der Waals surface area contributed by atoms with E-state index >= 15 is 0 Å². The van der Waals surface area contributed by atoms with E-state index in [0.717, 1.165) is 0 Å². The van der Waals surface area contributed by atoms with E-state index in [1.165, 1.54) is 0 Å². The Bertz CT molecular complexity index is 199. The predicted octanol–water partition coefficient (Wildman–Crippen LogP) is 1.24. The molecule has 0 aromatic carbocycles. The van der Waals surface area contributed by atoms with E-state index in [2.05, 4.69) is 23.7 Å². The number of rotatable bonds is 1. The second kappa shape index (κ2) is 4.83. The van der Waals surface area contributed by atoms with Crippen molar-refractivity contribution in [2.24, 2.45) is 0 Å². The third-order valence-electron chi connectivity index (χ3n) is 0.729. The molecule has 0 heteroatoms. The first-order chi connectivity index (χ1) is 4.35. The molecule has 0 aliphatic rings. The van der Waals surface area contributed by atoms with Gasteiger partial charge in [0.05, 0.1) is 0 Å². The molecular weight excluding hydrogens is 108 g/mol. The van der Waals surface area contributed by atoms with Crippen molar-refractivity contribution in [3.05, 3.63) is 5.92 Å². The summed E-state index contributed by atoms with van der Waals surface area (Å²) in [6, 6.07) is 0. The van der Waals surface area contributed by atoms with Gasteiger partial charge < -0.3 is 0 Å². The Morgan fingerprint density at radius 3 is 2.44 bits per heavy atom. The molecule has 0 amide bonds. The van der Waals surface area contributed by atoms with Crippen LogP contribution < -0.4 is 0 Å². The first kappa shape index (κ1) is 7.68. The Morgan fingerprint density at radius 1 is 1.44 bits per heavy atom. The summed E-state index contributed by atoms with van der Waals surface area (Å²) in [5, 5.41) is 0. The van der Waals surface area contributed by atoms with Crippen molar-refractivity contribution in [3.63, 3.8) is 0 Å². The third-order valence-corrected chi connectivity index (χ3v) is 0.729. The summed E-state index contributed by atoms with van der Waals surface area (Å²) < 4.78 is 0. The number of hydrogen-bond acceptors (Lipinski definition) is 0. The van der Waals surface area contributed by atoms with Gasteiger partial charge in [0.25, 0.3) is 0 Å². The van der Waals surface area contributed by atoms with Crippen molar-refractivity contribution in [2.75, 3.05) is 0 Å². The van der Waals surface area contributed by atoms with E-state index in [4.69, 9.17) is 12.8 Å². The van der Waals surface area contributed by atoms with Crippen LogP contribution in [0.4, 0.5) is 0 Å². The maximum absolute atomic E-state index is 5.06. The molecule has 0 spiro atoms. The molecule has 0 saturated heterocycles. The Morgan fingerprint density at radius 2 is 2.11 bits per heavy atom. The second-order valence-electron chi connectivity index (χ2n) is 1.38. The molecule has 1 radical (unpaired) electrons. The fraction of sp³-hybridized carbons (Fsp3) is 0.222. The normalized spacial score (nSPS) is 6.67. The molecule has 0 aliphatic carbocycles. The molecule has 9 heavy (non-hydrogen) atoms. The second-order valence-corrected chi connectivity index (χ2v) is 1.38. The van der Waals surface area contributed by atoms with Crippen molar-refractivity contribution < 1.29 is 0 Å². The van der Waals surface area contributed by atoms with E-state index in [1.807, 2.05) is 0 Å². The molecule has 0 N–H and O–H groups in total. The fourth-order valence-corrected chi connectivity index (χ4v) is 0.384. The molecular formula is C9H7. The summed E-state index contributed by atoms with van der Waals surface area (Å²) in [4.78, 5) is 0. The van der Waals surface area contributed by atoms with Crippen LogP contribution in [0, 0.1) is 42.4 Å². The van der Waals surface area contributed by atoms with Crippen LogP contribution in [0.15, 0.2) is 0 Å². The molecule has 0 heterocycles. The van der Waals surface area contributed by atoms with Crippen LogP contribution in [0.5, 0.6) is 0 Å². The highest BCUT2D eigenvalue weighted by Crippen LogP contribution is 1.99. The van der Waals surface area contributed by atoms with E-state index in [9.17, 15) is 0 Å². The molecule has 0 bridgehead atoms. The van der Waals surface area contributed by atoms with Gasteiger partial charge >= 0.3 is 0 Å². The lowest BCUT2D eigenvalue weighted by molar-refractivity contribution is 1.26. The summed E-state index contributed by atoms with van der Waals surface area (Å²) in [7, 11) is 0. The molecule has 0 nitrogen and oxygen atoms in total. The van der Waals surface area contributed by atoms with Crippen molar-refractivity contribution in [3.8, 4) is 36.5 Å². The minimum Gasteiger partial charge on any atom is -0.120 e. The van der Waals surface area contributed by atoms with Crippen molar-refractivity contribution in [1.29, 1.82) is 0 Å². The molecule has 0 rings (SSSR count). The molecule has 0 aromatic rings. The van der Waals surface area contributed by atoms with E-state index in [-0.39, 0.29) is 0 Å². The van der Waals surface area contributed by atoms with Gasteiger partial charge in [0.15, 0.2) is 0 Å². The molecule has 0 saturated carbocycles. The SMILES string of the molecule is C#CC[C](C#C)C#CC. The molecule has 43 valence electrons. The van der Waals surface area contributed by atoms with Crippen LogP contribution in [0.1, 0.15) is 13.3 Å². The van der Waals surface area contributed by atoms with E-state index < -0.39 is 0 Å². The van der Waals surface area contributed by atoms with Gasteiger partial charge in [0.2, 0.25) is 0 Å². The smallest absolute Gasteiger partial charge is 0.120 e. The largest absolute Gasteiger partial charge is 0.131 e. The quantitative estimate of drug-likeness (QED) is 0.451. The zero-order valence-electron chi connectivity index (χ0n) is 5.36. The van der Waals surface area contributed by atoms with Gasteiger partial charge in [-0.2, -0.15) is 0 Å². The minimum absolute atomic E-state index is 0.470. The topological polar surface area (TPSA) is 0 Å². The number of hydrogen-bond donors (Lipinski definition) is 0. The Balaban J connectivity index is 3.86.